The van der Waals surface area contributed by atoms with Crippen LogP contribution >= 0.6 is 11.6 Å². The number of carbonyl (C=O) groups excluding carboxylic acids is 1. The molecule has 18 heavy (non-hydrogen) atoms. The predicted octanol–water partition coefficient (Wildman–Crippen LogP) is 2.35. The second-order valence-electron chi connectivity index (χ2n) is 4.47. The average molecular weight is 271 g/mol. The smallest absolute Gasteiger partial charge is 0.251 e. The van der Waals surface area contributed by atoms with Gasteiger partial charge in [-0.2, -0.15) is 0 Å². The van der Waals surface area contributed by atoms with Gasteiger partial charge in [-0.15, -0.1) is 0 Å². The van der Waals surface area contributed by atoms with E-state index in [2.05, 4.69) is 10.6 Å². The van der Waals surface area contributed by atoms with Gasteiger partial charge in [0.05, 0.1) is 5.02 Å². The Hall–Kier alpha value is -1.13. The zero-order valence-corrected chi connectivity index (χ0v) is 10.8. The van der Waals surface area contributed by atoms with E-state index in [9.17, 15) is 9.18 Å². The van der Waals surface area contributed by atoms with Gasteiger partial charge in [0.2, 0.25) is 0 Å². The van der Waals surface area contributed by atoms with Crippen molar-refractivity contribution in [3.63, 3.8) is 0 Å². The van der Waals surface area contributed by atoms with Crippen LogP contribution in [-0.4, -0.2) is 25.0 Å². The molecule has 1 fully saturated rings. The normalized spacial score (nSPS) is 14.6. The third kappa shape index (κ3) is 3.96. The van der Waals surface area contributed by atoms with Crippen LogP contribution in [0.2, 0.25) is 5.02 Å². The highest BCUT2D eigenvalue weighted by Crippen LogP contribution is 2.18. The molecule has 0 spiro atoms. The molecule has 0 saturated heterocycles. The average Bonchev–Trinajstić information content (AvgIpc) is 3.16. The molecule has 1 amide bonds. The topological polar surface area (TPSA) is 41.1 Å². The molecule has 0 aliphatic heterocycles. The Balaban J connectivity index is 1.70. The molecule has 0 radical (unpaired) electrons. The summed E-state index contributed by atoms with van der Waals surface area (Å²) in [5.74, 6) is -0.731. The van der Waals surface area contributed by atoms with Crippen LogP contribution in [0.1, 0.15) is 29.6 Å². The molecule has 2 rings (SSSR count). The third-order valence-corrected chi connectivity index (χ3v) is 3.12. The number of hydrogen-bond acceptors (Lipinski definition) is 2. The van der Waals surface area contributed by atoms with Crippen molar-refractivity contribution in [3.05, 3.63) is 34.6 Å². The van der Waals surface area contributed by atoms with Crippen molar-refractivity contribution in [3.8, 4) is 0 Å². The van der Waals surface area contributed by atoms with E-state index in [1.807, 2.05) is 0 Å². The number of rotatable bonds is 6. The second-order valence-corrected chi connectivity index (χ2v) is 4.87. The number of halogens is 2. The van der Waals surface area contributed by atoms with Gasteiger partial charge in [-0.3, -0.25) is 4.79 Å². The van der Waals surface area contributed by atoms with Crippen molar-refractivity contribution in [1.29, 1.82) is 0 Å². The van der Waals surface area contributed by atoms with Crippen LogP contribution in [0.3, 0.4) is 0 Å². The summed E-state index contributed by atoms with van der Waals surface area (Å²) in [6.07, 6.45) is 3.41. The van der Waals surface area contributed by atoms with Gasteiger partial charge in [-0.1, -0.05) is 11.6 Å². The lowest BCUT2D eigenvalue weighted by Gasteiger charge is -2.06. The van der Waals surface area contributed by atoms with Crippen molar-refractivity contribution < 1.29 is 9.18 Å². The lowest BCUT2D eigenvalue weighted by atomic mass is 10.2. The molecule has 0 atom stereocenters. The summed E-state index contributed by atoms with van der Waals surface area (Å²) < 4.78 is 12.9. The van der Waals surface area contributed by atoms with Crippen LogP contribution in [-0.2, 0) is 0 Å². The van der Waals surface area contributed by atoms with Gasteiger partial charge >= 0.3 is 0 Å². The summed E-state index contributed by atoms with van der Waals surface area (Å²) >= 11 is 5.62. The standard InChI is InChI=1S/C13H16ClFN2O/c14-11-8-9(2-5-12(11)15)13(18)17-7-1-6-16-10-3-4-10/h2,5,8,10,16H,1,3-4,6-7H2,(H,17,18). The predicted molar refractivity (Wildman–Crippen MR) is 69.4 cm³/mol. The van der Waals surface area contributed by atoms with E-state index in [0.29, 0.717) is 18.2 Å². The molecule has 0 heterocycles. The highest BCUT2D eigenvalue weighted by Gasteiger charge is 2.19. The number of amides is 1. The van der Waals surface area contributed by atoms with Gasteiger partial charge in [-0.05, 0) is 44.0 Å². The molecule has 5 heteroatoms. The van der Waals surface area contributed by atoms with E-state index in [4.69, 9.17) is 11.6 Å². The van der Waals surface area contributed by atoms with E-state index in [0.717, 1.165) is 13.0 Å². The Morgan fingerprint density at radius 1 is 1.39 bits per heavy atom. The van der Waals surface area contributed by atoms with Gasteiger partial charge in [0.25, 0.3) is 5.91 Å². The monoisotopic (exact) mass is 270 g/mol. The maximum absolute atomic E-state index is 12.9. The fourth-order valence-electron chi connectivity index (χ4n) is 1.62. The first-order valence-electron chi connectivity index (χ1n) is 6.13. The van der Waals surface area contributed by atoms with Crippen LogP contribution < -0.4 is 10.6 Å². The number of benzene rings is 1. The first kappa shape index (κ1) is 13.3. The quantitative estimate of drug-likeness (QED) is 0.779. The molecular formula is C13H16ClFN2O. The number of carbonyl (C=O) groups is 1. The summed E-state index contributed by atoms with van der Waals surface area (Å²) in [5, 5.41) is 6.11. The van der Waals surface area contributed by atoms with Crippen LogP contribution in [0.15, 0.2) is 18.2 Å². The molecule has 2 N–H and O–H groups in total. The Kier molecular flexibility index (Phi) is 4.55. The molecule has 1 aromatic rings. The molecule has 0 unspecified atom stereocenters. The minimum absolute atomic E-state index is 0.0296. The SMILES string of the molecule is O=C(NCCCNC1CC1)c1ccc(F)c(Cl)c1. The third-order valence-electron chi connectivity index (χ3n) is 2.83. The Morgan fingerprint density at radius 3 is 2.83 bits per heavy atom. The molecule has 3 nitrogen and oxygen atoms in total. The second kappa shape index (κ2) is 6.16. The van der Waals surface area contributed by atoms with E-state index < -0.39 is 5.82 Å². The van der Waals surface area contributed by atoms with Crippen molar-refractivity contribution in [2.24, 2.45) is 0 Å². The maximum atomic E-state index is 12.9. The van der Waals surface area contributed by atoms with E-state index in [1.165, 1.54) is 31.0 Å². The molecule has 1 saturated carbocycles. The Bertz CT molecular complexity index is 435. The van der Waals surface area contributed by atoms with Crippen molar-refractivity contribution in [2.45, 2.75) is 25.3 Å². The highest BCUT2D eigenvalue weighted by atomic mass is 35.5. The zero-order chi connectivity index (χ0) is 13.0. The van der Waals surface area contributed by atoms with Gasteiger partial charge < -0.3 is 10.6 Å². The largest absolute Gasteiger partial charge is 0.352 e. The van der Waals surface area contributed by atoms with Gasteiger partial charge in [-0.25, -0.2) is 4.39 Å². The van der Waals surface area contributed by atoms with Crippen molar-refractivity contribution >= 4 is 17.5 Å². The van der Waals surface area contributed by atoms with Gasteiger partial charge in [0, 0.05) is 18.2 Å². The van der Waals surface area contributed by atoms with E-state index in [1.54, 1.807) is 0 Å². The van der Waals surface area contributed by atoms with E-state index in [-0.39, 0.29) is 10.9 Å². The fraction of sp³-hybridized carbons (Fsp3) is 0.462. The Morgan fingerprint density at radius 2 is 2.17 bits per heavy atom. The molecular weight excluding hydrogens is 255 g/mol. The van der Waals surface area contributed by atoms with Gasteiger partial charge in [0.1, 0.15) is 5.82 Å². The molecule has 1 aliphatic carbocycles. The van der Waals surface area contributed by atoms with Crippen LogP contribution in [0.25, 0.3) is 0 Å². The Labute approximate surface area is 111 Å². The van der Waals surface area contributed by atoms with Gasteiger partial charge in [0.15, 0.2) is 0 Å². The summed E-state index contributed by atoms with van der Waals surface area (Å²) in [6, 6.07) is 4.66. The number of nitrogens with one attached hydrogen (secondary N) is 2. The number of hydrogen-bond donors (Lipinski definition) is 2. The maximum Gasteiger partial charge on any atom is 0.251 e. The summed E-state index contributed by atoms with van der Waals surface area (Å²) in [7, 11) is 0. The zero-order valence-electron chi connectivity index (χ0n) is 10.0. The van der Waals surface area contributed by atoms with Crippen LogP contribution in [0.5, 0.6) is 0 Å². The molecule has 98 valence electrons. The lowest BCUT2D eigenvalue weighted by Crippen LogP contribution is -2.27. The summed E-state index contributed by atoms with van der Waals surface area (Å²) in [6.45, 7) is 1.52. The minimum Gasteiger partial charge on any atom is -0.352 e. The van der Waals surface area contributed by atoms with E-state index >= 15 is 0 Å². The first-order valence-corrected chi connectivity index (χ1v) is 6.51. The van der Waals surface area contributed by atoms with Crippen LogP contribution in [0.4, 0.5) is 4.39 Å². The molecule has 1 aromatic carbocycles. The molecule has 0 bridgehead atoms. The molecule has 1 aliphatic rings. The summed E-state index contributed by atoms with van der Waals surface area (Å²) in [4.78, 5) is 11.7. The van der Waals surface area contributed by atoms with Crippen molar-refractivity contribution in [1.82, 2.24) is 10.6 Å². The van der Waals surface area contributed by atoms with Crippen molar-refractivity contribution in [2.75, 3.05) is 13.1 Å². The lowest BCUT2D eigenvalue weighted by molar-refractivity contribution is 0.0953. The fourth-order valence-corrected chi connectivity index (χ4v) is 1.80. The highest BCUT2D eigenvalue weighted by molar-refractivity contribution is 6.31. The molecule has 0 aromatic heterocycles. The minimum atomic E-state index is -0.512. The summed E-state index contributed by atoms with van der Waals surface area (Å²) in [5.41, 5.74) is 0.386. The first-order chi connectivity index (χ1) is 8.66. The van der Waals surface area contributed by atoms with Crippen LogP contribution in [0, 0.1) is 5.82 Å².